The lowest BCUT2D eigenvalue weighted by Gasteiger charge is -2.34. The van der Waals surface area contributed by atoms with E-state index in [2.05, 4.69) is 211 Å². The van der Waals surface area contributed by atoms with Crippen molar-refractivity contribution < 1.29 is 4.42 Å². The van der Waals surface area contributed by atoms with E-state index in [-0.39, 0.29) is 0 Å². The van der Waals surface area contributed by atoms with Gasteiger partial charge in [-0.2, -0.15) is 0 Å². The Kier molecular flexibility index (Phi) is 7.40. The lowest BCUT2D eigenvalue weighted by molar-refractivity contribution is 0.617. The largest absolute Gasteiger partial charge is 0.464 e. The molecule has 53 heavy (non-hydrogen) atoms. The van der Waals surface area contributed by atoms with E-state index >= 15 is 0 Å². The zero-order chi connectivity index (χ0) is 35.2. The molecule has 1 aliphatic carbocycles. The van der Waals surface area contributed by atoms with Gasteiger partial charge in [-0.3, -0.25) is 0 Å². The number of hydrogen-bond acceptors (Lipinski definition) is 2. The normalized spacial score (nSPS) is 12.7. The first-order valence-corrected chi connectivity index (χ1v) is 18.2. The molecule has 250 valence electrons. The summed E-state index contributed by atoms with van der Waals surface area (Å²) in [7, 11) is 0. The van der Waals surface area contributed by atoms with Crippen molar-refractivity contribution in [2.45, 2.75) is 5.41 Å². The van der Waals surface area contributed by atoms with Gasteiger partial charge in [0.15, 0.2) is 0 Å². The van der Waals surface area contributed by atoms with Crippen molar-refractivity contribution in [3.63, 3.8) is 0 Å². The predicted molar refractivity (Wildman–Crippen MR) is 219 cm³/mol. The van der Waals surface area contributed by atoms with E-state index in [0.717, 1.165) is 50.3 Å². The summed E-state index contributed by atoms with van der Waals surface area (Å²) in [4.78, 5) is 2.39. The maximum atomic E-state index is 6.40. The number of fused-ring (bicyclic) bond motifs is 4. The number of rotatable bonds is 7. The zero-order valence-electron chi connectivity index (χ0n) is 29.1. The summed E-state index contributed by atoms with van der Waals surface area (Å²) in [5.41, 5.74) is 15.6. The Bertz CT molecular complexity index is 2620. The van der Waals surface area contributed by atoms with E-state index in [0.29, 0.717) is 0 Å². The summed E-state index contributed by atoms with van der Waals surface area (Å²) >= 11 is 0. The Balaban J connectivity index is 1.34. The second-order valence-corrected chi connectivity index (χ2v) is 13.6. The smallest absolute Gasteiger partial charge is 0.143 e. The minimum absolute atomic E-state index is 0.509. The van der Waals surface area contributed by atoms with Crippen molar-refractivity contribution in [2.24, 2.45) is 0 Å². The molecule has 0 aliphatic heterocycles. The summed E-state index contributed by atoms with van der Waals surface area (Å²) in [6.07, 6.45) is 1.81. The van der Waals surface area contributed by atoms with E-state index in [9.17, 15) is 0 Å². The SMILES string of the molecule is c1ccc(-c2c(N(c3ccccc3)c3ccccc3)c(-c3ccc4c(c3)C(c3ccccc3)(c3ccccc3)c3ccccc3-4)cc3ccoc23)cc1. The first-order valence-electron chi connectivity index (χ1n) is 18.2. The van der Waals surface area contributed by atoms with Gasteiger partial charge in [0.25, 0.3) is 0 Å². The molecular formula is C51H35NO. The Labute approximate surface area is 309 Å². The summed E-state index contributed by atoms with van der Waals surface area (Å²) in [6, 6.07) is 74.5. The van der Waals surface area contributed by atoms with Crippen LogP contribution in [0.5, 0.6) is 0 Å². The fourth-order valence-corrected chi connectivity index (χ4v) is 8.60. The van der Waals surface area contributed by atoms with Gasteiger partial charge < -0.3 is 9.32 Å². The maximum Gasteiger partial charge on any atom is 0.143 e. The van der Waals surface area contributed by atoms with Gasteiger partial charge in [0.05, 0.1) is 17.4 Å². The first kappa shape index (κ1) is 30.9. The third-order valence-corrected chi connectivity index (χ3v) is 10.8. The van der Waals surface area contributed by atoms with Crippen molar-refractivity contribution in [3.8, 4) is 33.4 Å². The molecule has 0 saturated heterocycles. The predicted octanol–water partition coefficient (Wildman–Crippen LogP) is 13.6. The van der Waals surface area contributed by atoms with E-state index < -0.39 is 5.41 Å². The molecule has 0 N–H and O–H groups in total. The van der Waals surface area contributed by atoms with Crippen molar-refractivity contribution in [1.29, 1.82) is 0 Å². The number of benzene rings is 8. The lowest BCUT2D eigenvalue weighted by Crippen LogP contribution is -2.28. The lowest BCUT2D eigenvalue weighted by atomic mass is 9.67. The highest BCUT2D eigenvalue weighted by molar-refractivity contribution is 6.09. The molecule has 10 rings (SSSR count). The van der Waals surface area contributed by atoms with Crippen molar-refractivity contribution >= 4 is 28.0 Å². The molecule has 1 aromatic heterocycles. The van der Waals surface area contributed by atoms with Crippen LogP contribution < -0.4 is 4.90 Å². The van der Waals surface area contributed by atoms with Gasteiger partial charge in [0.2, 0.25) is 0 Å². The van der Waals surface area contributed by atoms with Crippen LogP contribution in [0.15, 0.2) is 217 Å². The van der Waals surface area contributed by atoms with Gasteiger partial charge in [-0.05, 0) is 87.0 Å². The average Bonchev–Trinajstić information content (AvgIpc) is 3.83. The molecule has 0 saturated carbocycles. The van der Waals surface area contributed by atoms with Crippen molar-refractivity contribution in [1.82, 2.24) is 0 Å². The third-order valence-electron chi connectivity index (χ3n) is 10.8. The highest BCUT2D eigenvalue weighted by Crippen LogP contribution is 2.58. The Morgan fingerprint density at radius 1 is 0.396 bits per heavy atom. The Hall–Kier alpha value is -6.90. The van der Waals surface area contributed by atoms with Gasteiger partial charge in [0, 0.05) is 27.9 Å². The van der Waals surface area contributed by atoms with Crippen LogP contribution in [0.25, 0.3) is 44.3 Å². The second kappa shape index (κ2) is 12.7. The van der Waals surface area contributed by atoms with Crippen molar-refractivity contribution in [3.05, 3.63) is 235 Å². The molecule has 0 radical (unpaired) electrons. The van der Waals surface area contributed by atoms with E-state index in [1.54, 1.807) is 0 Å². The quantitative estimate of drug-likeness (QED) is 0.167. The second-order valence-electron chi connectivity index (χ2n) is 13.6. The summed E-state index contributed by atoms with van der Waals surface area (Å²) in [5, 5.41) is 1.06. The molecule has 9 aromatic rings. The zero-order valence-corrected chi connectivity index (χ0v) is 29.1. The van der Waals surface area contributed by atoms with E-state index in [1.807, 2.05) is 6.26 Å². The molecule has 2 nitrogen and oxygen atoms in total. The maximum absolute atomic E-state index is 6.40. The molecule has 0 bridgehead atoms. The van der Waals surface area contributed by atoms with Crippen LogP contribution in [-0.4, -0.2) is 0 Å². The molecule has 1 heterocycles. The van der Waals surface area contributed by atoms with Crippen LogP contribution in [-0.2, 0) is 5.41 Å². The van der Waals surface area contributed by atoms with Gasteiger partial charge in [0.1, 0.15) is 5.58 Å². The molecule has 0 atom stereocenters. The highest BCUT2D eigenvalue weighted by atomic mass is 16.3. The third kappa shape index (κ3) is 4.87. The summed E-state index contributed by atoms with van der Waals surface area (Å²) < 4.78 is 6.40. The molecule has 0 unspecified atom stereocenters. The number of furan rings is 1. The standard InChI is InChI=1S/C51H35NO/c1-6-18-36(19-7-1)48-49(52(41-24-12-4-13-25-41)42-26-14-5-15-27-42)45(34-38-32-33-53-50(38)48)37-30-31-44-43-28-16-17-29-46(43)51(47(44)35-37,39-20-8-2-9-21-39)40-22-10-3-11-23-40/h1-35H. The van der Waals surface area contributed by atoms with Gasteiger partial charge in [-0.1, -0.05) is 164 Å². The monoisotopic (exact) mass is 677 g/mol. The molecular weight excluding hydrogens is 643 g/mol. The van der Waals surface area contributed by atoms with Crippen LogP contribution in [0, 0.1) is 0 Å². The van der Waals surface area contributed by atoms with E-state index in [4.69, 9.17) is 4.42 Å². The van der Waals surface area contributed by atoms with Gasteiger partial charge in [-0.25, -0.2) is 0 Å². The topological polar surface area (TPSA) is 16.4 Å². The average molecular weight is 678 g/mol. The van der Waals surface area contributed by atoms with Crippen molar-refractivity contribution in [2.75, 3.05) is 4.90 Å². The molecule has 1 aliphatic rings. The van der Waals surface area contributed by atoms with Crippen LogP contribution in [0.2, 0.25) is 0 Å². The molecule has 0 amide bonds. The summed E-state index contributed by atoms with van der Waals surface area (Å²) in [6.45, 7) is 0. The Morgan fingerprint density at radius 2 is 0.925 bits per heavy atom. The minimum Gasteiger partial charge on any atom is -0.464 e. The van der Waals surface area contributed by atoms with Gasteiger partial charge in [-0.15, -0.1) is 0 Å². The first-order chi connectivity index (χ1) is 26.3. The fourth-order valence-electron chi connectivity index (χ4n) is 8.60. The minimum atomic E-state index is -0.509. The van der Waals surface area contributed by atoms with Crippen LogP contribution in [0.1, 0.15) is 22.3 Å². The molecule has 2 heteroatoms. The van der Waals surface area contributed by atoms with E-state index in [1.165, 1.54) is 33.4 Å². The Morgan fingerprint density at radius 3 is 1.55 bits per heavy atom. The highest BCUT2D eigenvalue weighted by Gasteiger charge is 2.46. The molecule has 8 aromatic carbocycles. The number of anilines is 3. The van der Waals surface area contributed by atoms with Crippen LogP contribution in [0.3, 0.4) is 0 Å². The molecule has 0 fully saturated rings. The number of nitrogens with zero attached hydrogens (tertiary/aromatic N) is 1. The van der Waals surface area contributed by atoms with Crippen LogP contribution in [0.4, 0.5) is 17.1 Å². The van der Waals surface area contributed by atoms with Crippen LogP contribution >= 0.6 is 0 Å². The fraction of sp³-hybridized carbons (Fsp3) is 0.0196. The molecule has 0 spiro atoms. The van der Waals surface area contributed by atoms with Gasteiger partial charge >= 0.3 is 0 Å². The number of para-hydroxylation sites is 2. The number of hydrogen-bond donors (Lipinski definition) is 0. The summed E-state index contributed by atoms with van der Waals surface area (Å²) in [5.74, 6) is 0.